The highest BCUT2D eigenvalue weighted by molar-refractivity contribution is 7.99. The van der Waals surface area contributed by atoms with Gasteiger partial charge in [-0.2, -0.15) is 11.8 Å². The molecule has 0 saturated carbocycles. The van der Waals surface area contributed by atoms with E-state index in [0.717, 1.165) is 31.8 Å². The first kappa shape index (κ1) is 13.8. The third-order valence-corrected chi connectivity index (χ3v) is 3.90. The number of ether oxygens (including phenoxy) is 1. The molecule has 0 spiro atoms. The maximum Gasteiger partial charge on any atom is 0.230 e. The number of nitrogens with one attached hydrogen (secondary N) is 1. The van der Waals surface area contributed by atoms with Gasteiger partial charge in [-0.05, 0) is 31.1 Å². The average molecular weight is 246 g/mol. The Morgan fingerprint density at radius 2 is 2.25 bits per heavy atom. The number of carbonyl (C=O) groups excluding carboxylic acids is 1. The van der Waals surface area contributed by atoms with Crippen molar-refractivity contribution in [2.24, 2.45) is 11.7 Å². The molecule has 1 rings (SSSR count). The fourth-order valence-electron chi connectivity index (χ4n) is 1.53. The second-order valence-electron chi connectivity index (χ2n) is 4.31. The minimum atomic E-state index is 0.140. The molecule has 1 aliphatic heterocycles. The monoisotopic (exact) mass is 246 g/mol. The molecular weight excluding hydrogens is 224 g/mol. The molecule has 1 heterocycles. The number of thioether (sulfide) groups is 1. The zero-order valence-electron chi connectivity index (χ0n) is 9.91. The minimum Gasteiger partial charge on any atom is -0.381 e. The van der Waals surface area contributed by atoms with Gasteiger partial charge in [-0.15, -0.1) is 0 Å². The molecular formula is C11H22N2O2S. The molecule has 1 saturated heterocycles. The molecule has 1 unspecified atom stereocenters. The summed E-state index contributed by atoms with van der Waals surface area (Å²) in [6.45, 7) is 4.32. The smallest absolute Gasteiger partial charge is 0.230 e. The Bertz CT molecular complexity index is 208. The van der Waals surface area contributed by atoms with Crippen molar-refractivity contribution < 1.29 is 9.53 Å². The molecule has 0 radical (unpaired) electrons. The van der Waals surface area contributed by atoms with Crippen molar-refractivity contribution in [3.05, 3.63) is 0 Å². The topological polar surface area (TPSA) is 64.4 Å². The standard InChI is InChI=1S/C11H22N2O2S/c1-9(6-12)7-16-8-11(14)13-10-2-4-15-5-3-10/h9-10H,2-8,12H2,1H3,(H,13,14). The van der Waals surface area contributed by atoms with Gasteiger partial charge in [-0.1, -0.05) is 6.92 Å². The van der Waals surface area contributed by atoms with E-state index in [1.807, 2.05) is 0 Å². The lowest BCUT2D eigenvalue weighted by Gasteiger charge is -2.23. The van der Waals surface area contributed by atoms with Gasteiger partial charge in [0.05, 0.1) is 5.75 Å². The first-order valence-corrected chi connectivity index (χ1v) is 7.02. The van der Waals surface area contributed by atoms with Crippen LogP contribution < -0.4 is 11.1 Å². The Labute approximate surface area is 102 Å². The second-order valence-corrected chi connectivity index (χ2v) is 5.34. The summed E-state index contributed by atoms with van der Waals surface area (Å²) in [5.74, 6) is 2.13. The molecule has 1 aliphatic rings. The highest BCUT2D eigenvalue weighted by Crippen LogP contribution is 2.09. The third kappa shape index (κ3) is 5.72. The zero-order chi connectivity index (χ0) is 11.8. The van der Waals surface area contributed by atoms with Crippen molar-refractivity contribution in [1.82, 2.24) is 5.32 Å². The van der Waals surface area contributed by atoms with Crippen molar-refractivity contribution in [3.63, 3.8) is 0 Å². The van der Waals surface area contributed by atoms with Crippen LogP contribution in [0.2, 0.25) is 0 Å². The summed E-state index contributed by atoms with van der Waals surface area (Å²) in [6.07, 6.45) is 1.88. The summed E-state index contributed by atoms with van der Waals surface area (Å²) < 4.78 is 5.24. The van der Waals surface area contributed by atoms with Crippen LogP contribution in [-0.4, -0.2) is 43.2 Å². The number of hydrogen-bond acceptors (Lipinski definition) is 4. The van der Waals surface area contributed by atoms with Gasteiger partial charge in [0.25, 0.3) is 0 Å². The highest BCUT2D eigenvalue weighted by Gasteiger charge is 2.15. The summed E-state index contributed by atoms with van der Waals surface area (Å²) in [4.78, 5) is 11.6. The van der Waals surface area contributed by atoms with Gasteiger partial charge in [0, 0.05) is 19.3 Å². The summed E-state index contributed by atoms with van der Waals surface area (Å²) in [6, 6.07) is 0.314. The van der Waals surface area contributed by atoms with E-state index < -0.39 is 0 Å². The predicted molar refractivity (Wildman–Crippen MR) is 67.5 cm³/mol. The number of rotatable bonds is 6. The van der Waals surface area contributed by atoms with Crippen molar-refractivity contribution in [3.8, 4) is 0 Å². The number of nitrogens with two attached hydrogens (primary N) is 1. The van der Waals surface area contributed by atoms with Gasteiger partial charge in [0.1, 0.15) is 0 Å². The van der Waals surface area contributed by atoms with Crippen LogP contribution in [0.15, 0.2) is 0 Å². The molecule has 0 aromatic heterocycles. The van der Waals surface area contributed by atoms with Crippen LogP contribution in [0.4, 0.5) is 0 Å². The molecule has 0 aromatic carbocycles. The summed E-state index contributed by atoms with van der Waals surface area (Å²) >= 11 is 1.66. The van der Waals surface area contributed by atoms with Crippen LogP contribution >= 0.6 is 11.8 Å². The van der Waals surface area contributed by atoms with E-state index in [9.17, 15) is 4.79 Å². The van der Waals surface area contributed by atoms with Crippen molar-refractivity contribution in [2.75, 3.05) is 31.3 Å². The Balaban J connectivity index is 2.05. The van der Waals surface area contributed by atoms with Crippen molar-refractivity contribution in [2.45, 2.75) is 25.8 Å². The molecule has 0 aliphatic carbocycles. The summed E-state index contributed by atoms with van der Waals surface area (Å²) in [7, 11) is 0. The van der Waals surface area contributed by atoms with Crippen molar-refractivity contribution >= 4 is 17.7 Å². The van der Waals surface area contributed by atoms with Crippen LogP contribution in [0, 0.1) is 5.92 Å². The van der Waals surface area contributed by atoms with Gasteiger partial charge < -0.3 is 15.8 Å². The lowest BCUT2D eigenvalue weighted by molar-refractivity contribution is -0.119. The molecule has 94 valence electrons. The van der Waals surface area contributed by atoms with E-state index in [-0.39, 0.29) is 5.91 Å². The van der Waals surface area contributed by atoms with Crippen LogP contribution in [0.3, 0.4) is 0 Å². The van der Waals surface area contributed by atoms with E-state index in [0.29, 0.717) is 24.3 Å². The van der Waals surface area contributed by atoms with E-state index in [2.05, 4.69) is 12.2 Å². The van der Waals surface area contributed by atoms with E-state index in [4.69, 9.17) is 10.5 Å². The van der Waals surface area contributed by atoms with E-state index in [1.54, 1.807) is 11.8 Å². The van der Waals surface area contributed by atoms with Crippen molar-refractivity contribution in [1.29, 1.82) is 0 Å². The molecule has 0 bridgehead atoms. The van der Waals surface area contributed by atoms with Crippen LogP contribution in [0.5, 0.6) is 0 Å². The van der Waals surface area contributed by atoms with Gasteiger partial charge in [-0.3, -0.25) is 4.79 Å². The molecule has 0 aromatic rings. The third-order valence-electron chi connectivity index (χ3n) is 2.62. The Kier molecular flexibility index (Phi) is 6.84. The Morgan fingerprint density at radius 1 is 1.56 bits per heavy atom. The van der Waals surface area contributed by atoms with Crippen LogP contribution in [-0.2, 0) is 9.53 Å². The Hall–Kier alpha value is -0.260. The molecule has 5 heteroatoms. The lowest BCUT2D eigenvalue weighted by Crippen LogP contribution is -2.39. The normalized spacial score (nSPS) is 19.4. The SMILES string of the molecule is CC(CN)CSCC(=O)NC1CCOCC1. The van der Waals surface area contributed by atoms with Gasteiger partial charge in [0.15, 0.2) is 0 Å². The number of hydrogen-bond donors (Lipinski definition) is 2. The fourth-order valence-corrected chi connectivity index (χ4v) is 2.46. The molecule has 16 heavy (non-hydrogen) atoms. The first-order valence-electron chi connectivity index (χ1n) is 5.87. The maximum atomic E-state index is 11.6. The molecule has 1 atom stereocenters. The summed E-state index contributed by atoms with van der Waals surface area (Å²) in [5, 5.41) is 3.04. The van der Waals surface area contributed by atoms with E-state index >= 15 is 0 Å². The fraction of sp³-hybridized carbons (Fsp3) is 0.909. The van der Waals surface area contributed by atoms with Crippen LogP contribution in [0.25, 0.3) is 0 Å². The highest BCUT2D eigenvalue weighted by atomic mass is 32.2. The predicted octanol–water partition coefficient (Wildman–Crippen LogP) is 0.610. The quantitative estimate of drug-likeness (QED) is 0.721. The van der Waals surface area contributed by atoms with Gasteiger partial charge in [0.2, 0.25) is 5.91 Å². The van der Waals surface area contributed by atoms with Gasteiger partial charge >= 0.3 is 0 Å². The number of carbonyl (C=O) groups is 1. The van der Waals surface area contributed by atoms with Gasteiger partial charge in [-0.25, -0.2) is 0 Å². The second kappa shape index (κ2) is 7.92. The molecule has 3 N–H and O–H groups in total. The first-order chi connectivity index (χ1) is 7.72. The molecule has 1 fully saturated rings. The summed E-state index contributed by atoms with van der Waals surface area (Å²) in [5.41, 5.74) is 5.51. The largest absolute Gasteiger partial charge is 0.381 e. The molecule has 4 nitrogen and oxygen atoms in total. The van der Waals surface area contributed by atoms with E-state index in [1.165, 1.54) is 0 Å². The lowest BCUT2D eigenvalue weighted by atomic mass is 10.1. The number of amides is 1. The minimum absolute atomic E-state index is 0.140. The molecule has 1 amide bonds. The van der Waals surface area contributed by atoms with Crippen LogP contribution in [0.1, 0.15) is 19.8 Å². The zero-order valence-corrected chi connectivity index (χ0v) is 10.7. The maximum absolute atomic E-state index is 11.6. The Morgan fingerprint density at radius 3 is 2.88 bits per heavy atom. The average Bonchev–Trinajstić information content (AvgIpc) is 2.30.